The van der Waals surface area contributed by atoms with Gasteiger partial charge in [-0.25, -0.2) is 0 Å². The molecule has 1 amide bonds. The van der Waals surface area contributed by atoms with Gasteiger partial charge in [0.2, 0.25) is 5.91 Å². The fourth-order valence-electron chi connectivity index (χ4n) is 3.41. The zero-order valence-corrected chi connectivity index (χ0v) is 13.8. The van der Waals surface area contributed by atoms with Crippen LogP contribution in [0.2, 0.25) is 5.02 Å². The van der Waals surface area contributed by atoms with E-state index in [4.69, 9.17) is 21.1 Å². The van der Waals surface area contributed by atoms with Crippen molar-refractivity contribution in [3.05, 3.63) is 34.9 Å². The van der Waals surface area contributed by atoms with Gasteiger partial charge in [0.05, 0.1) is 25.2 Å². The fraction of sp³-hybridized carbons (Fsp3) is 0.588. The second-order valence-electron chi connectivity index (χ2n) is 6.30. The van der Waals surface area contributed by atoms with E-state index in [2.05, 4.69) is 0 Å². The van der Waals surface area contributed by atoms with Crippen molar-refractivity contribution in [2.75, 3.05) is 19.7 Å². The molecule has 2 aliphatic rings. The topological polar surface area (TPSA) is 38.8 Å². The number of hydrogen-bond donors (Lipinski definition) is 0. The van der Waals surface area contributed by atoms with E-state index in [1.54, 1.807) is 0 Å². The minimum absolute atomic E-state index is 0.0193. The first-order valence-electron chi connectivity index (χ1n) is 7.81. The maximum atomic E-state index is 12.7. The number of rotatable bonds is 2. The van der Waals surface area contributed by atoms with Gasteiger partial charge in [-0.1, -0.05) is 29.8 Å². The molecule has 1 aromatic rings. The summed E-state index contributed by atoms with van der Waals surface area (Å²) in [5, 5.41) is 0.643. The molecule has 3 atom stereocenters. The molecular weight excluding hydrogens is 302 g/mol. The van der Waals surface area contributed by atoms with Gasteiger partial charge in [-0.15, -0.1) is 0 Å². The van der Waals surface area contributed by atoms with Gasteiger partial charge in [0.15, 0.2) is 0 Å². The van der Waals surface area contributed by atoms with Gasteiger partial charge in [-0.05, 0) is 25.5 Å². The van der Waals surface area contributed by atoms with Crippen molar-refractivity contribution in [3.8, 4) is 0 Å². The number of ether oxygens (including phenoxy) is 2. The van der Waals surface area contributed by atoms with Crippen LogP contribution in [0.25, 0.3) is 0 Å². The number of hydrogen-bond acceptors (Lipinski definition) is 3. The summed E-state index contributed by atoms with van der Waals surface area (Å²) in [6, 6.07) is 7.51. The van der Waals surface area contributed by atoms with E-state index in [1.807, 2.05) is 43.0 Å². The molecule has 1 spiro atoms. The lowest BCUT2D eigenvalue weighted by Gasteiger charge is -2.45. The molecule has 0 N–H and O–H groups in total. The first-order valence-corrected chi connectivity index (χ1v) is 8.18. The van der Waals surface area contributed by atoms with Gasteiger partial charge in [0.1, 0.15) is 5.60 Å². The van der Waals surface area contributed by atoms with E-state index >= 15 is 0 Å². The zero-order chi connectivity index (χ0) is 15.7. The fourth-order valence-corrected chi connectivity index (χ4v) is 3.61. The van der Waals surface area contributed by atoms with E-state index in [0.717, 1.165) is 12.0 Å². The lowest BCUT2D eigenvalue weighted by atomic mass is 9.92. The van der Waals surface area contributed by atoms with E-state index in [0.29, 0.717) is 31.1 Å². The van der Waals surface area contributed by atoms with Gasteiger partial charge in [-0.3, -0.25) is 4.79 Å². The monoisotopic (exact) mass is 323 g/mol. The third kappa shape index (κ3) is 3.00. The summed E-state index contributed by atoms with van der Waals surface area (Å²) in [5.41, 5.74) is 0.520. The molecule has 4 nitrogen and oxygen atoms in total. The summed E-state index contributed by atoms with van der Waals surface area (Å²) in [6.07, 6.45) is 1.21. The number of amides is 1. The average Bonchev–Trinajstić information content (AvgIpc) is 2.81. The molecule has 3 unspecified atom stereocenters. The lowest BCUT2D eigenvalue weighted by molar-refractivity contribution is -0.178. The molecule has 2 saturated heterocycles. The van der Waals surface area contributed by atoms with E-state index in [1.165, 1.54) is 0 Å². The zero-order valence-electron chi connectivity index (χ0n) is 13.0. The van der Waals surface area contributed by atoms with Gasteiger partial charge in [0.25, 0.3) is 0 Å². The molecule has 2 heterocycles. The molecule has 1 aromatic carbocycles. The molecule has 0 aromatic heterocycles. The van der Waals surface area contributed by atoms with Crippen molar-refractivity contribution in [2.24, 2.45) is 0 Å². The highest BCUT2D eigenvalue weighted by molar-refractivity contribution is 6.31. The summed E-state index contributed by atoms with van der Waals surface area (Å²) in [5.74, 6) is 0.0988. The Labute approximate surface area is 136 Å². The van der Waals surface area contributed by atoms with Gasteiger partial charge >= 0.3 is 0 Å². The van der Waals surface area contributed by atoms with Crippen LogP contribution in [-0.4, -0.2) is 48.3 Å². The lowest BCUT2D eigenvalue weighted by Crippen LogP contribution is -2.59. The van der Waals surface area contributed by atoms with Crippen molar-refractivity contribution in [1.82, 2.24) is 4.90 Å². The van der Waals surface area contributed by atoms with E-state index < -0.39 is 0 Å². The maximum absolute atomic E-state index is 12.7. The number of morpholine rings is 1. The number of carbonyl (C=O) groups excluding carboxylic acids is 1. The van der Waals surface area contributed by atoms with Crippen LogP contribution in [0, 0.1) is 0 Å². The van der Waals surface area contributed by atoms with E-state index in [9.17, 15) is 4.79 Å². The Morgan fingerprint density at radius 2 is 2.18 bits per heavy atom. The Balaban J connectivity index is 1.73. The second-order valence-corrected chi connectivity index (χ2v) is 6.71. The minimum Gasteiger partial charge on any atom is -0.375 e. The summed E-state index contributed by atoms with van der Waals surface area (Å²) in [6.45, 7) is 5.96. The highest BCUT2D eigenvalue weighted by atomic mass is 35.5. The Morgan fingerprint density at radius 3 is 2.86 bits per heavy atom. The van der Waals surface area contributed by atoms with Gasteiger partial charge in [0, 0.05) is 24.6 Å². The van der Waals surface area contributed by atoms with Crippen molar-refractivity contribution in [1.29, 1.82) is 0 Å². The van der Waals surface area contributed by atoms with Crippen LogP contribution in [-0.2, 0) is 20.7 Å². The third-order valence-electron chi connectivity index (χ3n) is 4.66. The standard InChI is InChI=1S/C17H22ClNO3/c1-12-10-19(11-17(22-12)7-8-21-13(17)2)16(20)9-14-5-3-4-6-15(14)18/h3-6,12-13H,7-11H2,1-2H3. The highest BCUT2D eigenvalue weighted by Crippen LogP contribution is 2.35. The van der Waals surface area contributed by atoms with Gasteiger partial charge < -0.3 is 14.4 Å². The Bertz CT molecular complexity index is 565. The van der Waals surface area contributed by atoms with Crippen LogP contribution in [0.4, 0.5) is 0 Å². The average molecular weight is 324 g/mol. The summed E-state index contributed by atoms with van der Waals surface area (Å²) in [4.78, 5) is 14.6. The molecule has 2 fully saturated rings. The molecule has 3 rings (SSSR count). The molecule has 0 saturated carbocycles. The maximum Gasteiger partial charge on any atom is 0.227 e. The first kappa shape index (κ1) is 15.8. The quantitative estimate of drug-likeness (QED) is 0.840. The SMILES string of the molecule is CC1CN(C(=O)Cc2ccccc2Cl)CC2(CCOC2C)O1. The number of carbonyl (C=O) groups is 1. The molecule has 120 valence electrons. The minimum atomic E-state index is -0.353. The molecule has 2 aliphatic heterocycles. The predicted molar refractivity (Wildman–Crippen MR) is 85.0 cm³/mol. The molecule has 5 heteroatoms. The van der Waals surface area contributed by atoms with Crippen molar-refractivity contribution in [3.63, 3.8) is 0 Å². The van der Waals surface area contributed by atoms with E-state index in [-0.39, 0.29) is 23.7 Å². The van der Waals surface area contributed by atoms with Crippen LogP contribution in [0.1, 0.15) is 25.8 Å². The largest absolute Gasteiger partial charge is 0.375 e. The summed E-state index contributed by atoms with van der Waals surface area (Å²) >= 11 is 6.16. The molecular formula is C17H22ClNO3. The first-order chi connectivity index (χ1) is 10.5. The van der Waals surface area contributed by atoms with Crippen LogP contribution in [0.3, 0.4) is 0 Å². The smallest absolute Gasteiger partial charge is 0.227 e. The summed E-state index contributed by atoms with van der Waals surface area (Å²) in [7, 11) is 0. The van der Waals surface area contributed by atoms with Crippen LogP contribution in [0.5, 0.6) is 0 Å². The number of benzene rings is 1. The molecule has 0 radical (unpaired) electrons. The van der Waals surface area contributed by atoms with Crippen molar-refractivity contribution >= 4 is 17.5 Å². The van der Waals surface area contributed by atoms with Crippen molar-refractivity contribution < 1.29 is 14.3 Å². The van der Waals surface area contributed by atoms with Crippen molar-refractivity contribution in [2.45, 2.75) is 44.5 Å². The predicted octanol–water partition coefficient (Wildman–Crippen LogP) is 2.68. The third-order valence-corrected chi connectivity index (χ3v) is 5.03. The Kier molecular flexibility index (Phi) is 4.44. The second kappa shape index (κ2) is 6.19. The highest BCUT2D eigenvalue weighted by Gasteiger charge is 2.48. The van der Waals surface area contributed by atoms with Crippen LogP contribution < -0.4 is 0 Å². The summed E-state index contributed by atoms with van der Waals surface area (Å²) < 4.78 is 11.8. The molecule has 0 aliphatic carbocycles. The molecule has 22 heavy (non-hydrogen) atoms. The normalized spacial score (nSPS) is 31.7. The number of nitrogens with zero attached hydrogens (tertiary/aromatic N) is 1. The van der Waals surface area contributed by atoms with Gasteiger partial charge in [-0.2, -0.15) is 0 Å². The number of halogens is 1. The van der Waals surface area contributed by atoms with Crippen LogP contribution in [0.15, 0.2) is 24.3 Å². The molecule has 0 bridgehead atoms. The Hall–Kier alpha value is -1.10. The van der Waals surface area contributed by atoms with Crippen LogP contribution >= 0.6 is 11.6 Å². The Morgan fingerprint density at radius 1 is 1.41 bits per heavy atom.